The predicted octanol–water partition coefficient (Wildman–Crippen LogP) is 2.26. The van der Waals surface area contributed by atoms with Gasteiger partial charge in [0.15, 0.2) is 0 Å². The van der Waals surface area contributed by atoms with Gasteiger partial charge in [-0.15, -0.1) is 0 Å². The second-order valence-corrected chi connectivity index (χ2v) is 6.48. The fraction of sp³-hybridized carbons (Fsp3) is 0.933. The lowest BCUT2D eigenvalue weighted by atomic mass is 9.80. The predicted molar refractivity (Wildman–Crippen MR) is 74.0 cm³/mol. The average Bonchev–Trinajstić information content (AvgIpc) is 2.41. The van der Waals surface area contributed by atoms with E-state index in [1.54, 1.807) is 0 Å². The van der Waals surface area contributed by atoms with Crippen LogP contribution in [-0.2, 0) is 4.79 Å². The summed E-state index contributed by atoms with van der Waals surface area (Å²) in [7, 11) is 0. The van der Waals surface area contributed by atoms with Crippen LogP contribution in [0.1, 0.15) is 46.0 Å². The van der Waals surface area contributed by atoms with Crippen molar-refractivity contribution in [2.75, 3.05) is 19.6 Å². The zero-order valence-electron chi connectivity index (χ0n) is 11.9. The van der Waals surface area contributed by atoms with Gasteiger partial charge in [0.05, 0.1) is 0 Å². The highest BCUT2D eigenvalue weighted by Crippen LogP contribution is 2.31. The molecule has 2 rings (SSSR count). The fourth-order valence-corrected chi connectivity index (χ4v) is 3.37. The number of piperidine rings is 1. The molecule has 104 valence electrons. The van der Waals surface area contributed by atoms with Crippen molar-refractivity contribution < 1.29 is 4.79 Å². The van der Waals surface area contributed by atoms with E-state index in [-0.39, 0.29) is 5.92 Å². The molecule has 1 aliphatic carbocycles. The summed E-state index contributed by atoms with van der Waals surface area (Å²) in [5.74, 6) is 2.79. The summed E-state index contributed by atoms with van der Waals surface area (Å²) in [6.07, 6.45) is 5.58. The second-order valence-electron chi connectivity index (χ2n) is 6.48. The Hall–Kier alpha value is -0.570. The minimum atomic E-state index is 0.286. The molecule has 18 heavy (non-hydrogen) atoms. The molecule has 0 spiro atoms. The van der Waals surface area contributed by atoms with E-state index in [0.717, 1.165) is 51.2 Å². The SMILES string of the molecule is CC1CCN(C(=O)C2CCC(CN)CC2)CC1C. The monoisotopic (exact) mass is 252 g/mol. The van der Waals surface area contributed by atoms with E-state index in [0.29, 0.717) is 17.7 Å². The van der Waals surface area contributed by atoms with Crippen LogP contribution in [0.3, 0.4) is 0 Å². The van der Waals surface area contributed by atoms with Crippen LogP contribution in [0.5, 0.6) is 0 Å². The van der Waals surface area contributed by atoms with Gasteiger partial charge in [-0.1, -0.05) is 13.8 Å². The van der Waals surface area contributed by atoms with Crippen LogP contribution in [0.15, 0.2) is 0 Å². The number of likely N-dealkylation sites (tertiary alicyclic amines) is 1. The number of carbonyl (C=O) groups is 1. The molecule has 1 saturated heterocycles. The van der Waals surface area contributed by atoms with Crippen molar-refractivity contribution in [3.8, 4) is 0 Å². The van der Waals surface area contributed by atoms with Gasteiger partial charge in [-0.2, -0.15) is 0 Å². The van der Waals surface area contributed by atoms with Crippen molar-refractivity contribution in [1.82, 2.24) is 4.90 Å². The first kappa shape index (κ1) is 13.9. The molecule has 0 radical (unpaired) electrons. The van der Waals surface area contributed by atoms with Gasteiger partial charge in [0.2, 0.25) is 5.91 Å². The molecule has 1 heterocycles. The van der Waals surface area contributed by atoms with E-state index in [2.05, 4.69) is 18.7 Å². The number of rotatable bonds is 2. The van der Waals surface area contributed by atoms with E-state index in [1.165, 1.54) is 6.42 Å². The Labute approximate surface area is 111 Å². The van der Waals surface area contributed by atoms with Crippen LogP contribution in [0.25, 0.3) is 0 Å². The van der Waals surface area contributed by atoms with Gasteiger partial charge in [0, 0.05) is 19.0 Å². The van der Waals surface area contributed by atoms with Crippen LogP contribution in [0, 0.1) is 23.7 Å². The van der Waals surface area contributed by atoms with Crippen molar-refractivity contribution in [3.63, 3.8) is 0 Å². The largest absolute Gasteiger partial charge is 0.342 e. The molecule has 2 aliphatic rings. The van der Waals surface area contributed by atoms with Crippen molar-refractivity contribution in [3.05, 3.63) is 0 Å². The summed E-state index contributed by atoms with van der Waals surface area (Å²) in [4.78, 5) is 14.6. The first-order valence-corrected chi connectivity index (χ1v) is 7.60. The number of nitrogens with zero attached hydrogens (tertiary/aromatic N) is 1. The standard InChI is InChI=1S/C15H28N2O/c1-11-7-8-17(10-12(11)2)15(18)14-5-3-13(9-16)4-6-14/h11-14H,3-10,16H2,1-2H3. The van der Waals surface area contributed by atoms with Crippen LogP contribution in [0.4, 0.5) is 0 Å². The molecule has 1 amide bonds. The molecular formula is C15H28N2O. The third-order valence-corrected chi connectivity index (χ3v) is 5.18. The Kier molecular flexibility index (Phi) is 4.66. The lowest BCUT2D eigenvalue weighted by Crippen LogP contribution is -2.45. The van der Waals surface area contributed by atoms with Crippen molar-refractivity contribution in [2.45, 2.75) is 46.0 Å². The molecule has 3 heteroatoms. The quantitative estimate of drug-likeness (QED) is 0.819. The van der Waals surface area contributed by atoms with Gasteiger partial charge < -0.3 is 10.6 Å². The van der Waals surface area contributed by atoms with E-state index < -0.39 is 0 Å². The number of hydrogen-bond acceptors (Lipinski definition) is 2. The zero-order valence-corrected chi connectivity index (χ0v) is 11.9. The van der Waals surface area contributed by atoms with Gasteiger partial charge in [-0.3, -0.25) is 4.79 Å². The minimum Gasteiger partial charge on any atom is -0.342 e. The summed E-state index contributed by atoms with van der Waals surface area (Å²) in [6, 6.07) is 0. The number of carbonyl (C=O) groups excluding carboxylic acids is 1. The van der Waals surface area contributed by atoms with Crippen molar-refractivity contribution in [1.29, 1.82) is 0 Å². The maximum absolute atomic E-state index is 12.5. The fourth-order valence-electron chi connectivity index (χ4n) is 3.37. The molecule has 0 aromatic rings. The maximum atomic E-state index is 12.5. The highest BCUT2D eigenvalue weighted by atomic mass is 16.2. The van der Waals surface area contributed by atoms with Crippen LogP contribution in [-0.4, -0.2) is 30.4 Å². The Balaban J connectivity index is 1.84. The number of amides is 1. The van der Waals surface area contributed by atoms with Gasteiger partial charge in [0.25, 0.3) is 0 Å². The smallest absolute Gasteiger partial charge is 0.225 e. The normalized spacial score (nSPS) is 37.6. The Bertz CT molecular complexity index is 284. The molecule has 0 aromatic heterocycles. The van der Waals surface area contributed by atoms with Gasteiger partial charge in [-0.25, -0.2) is 0 Å². The first-order chi connectivity index (χ1) is 8.61. The minimum absolute atomic E-state index is 0.286. The second kappa shape index (κ2) is 6.05. The highest BCUT2D eigenvalue weighted by molar-refractivity contribution is 5.79. The molecule has 2 N–H and O–H groups in total. The lowest BCUT2D eigenvalue weighted by Gasteiger charge is -2.38. The Morgan fingerprint density at radius 1 is 1.11 bits per heavy atom. The summed E-state index contributed by atoms with van der Waals surface area (Å²) < 4.78 is 0. The molecule has 3 nitrogen and oxygen atoms in total. The maximum Gasteiger partial charge on any atom is 0.225 e. The topological polar surface area (TPSA) is 46.3 Å². The number of nitrogens with two attached hydrogens (primary N) is 1. The molecule has 0 bridgehead atoms. The van der Waals surface area contributed by atoms with E-state index >= 15 is 0 Å². The zero-order chi connectivity index (χ0) is 13.1. The Morgan fingerprint density at radius 2 is 1.78 bits per heavy atom. The lowest BCUT2D eigenvalue weighted by molar-refractivity contribution is -0.139. The van der Waals surface area contributed by atoms with Crippen LogP contribution < -0.4 is 5.73 Å². The third-order valence-electron chi connectivity index (χ3n) is 5.18. The van der Waals surface area contributed by atoms with Crippen molar-refractivity contribution in [2.24, 2.45) is 29.4 Å². The molecule has 2 atom stereocenters. The summed E-state index contributed by atoms with van der Waals surface area (Å²) >= 11 is 0. The van der Waals surface area contributed by atoms with Crippen LogP contribution in [0.2, 0.25) is 0 Å². The molecule has 1 aliphatic heterocycles. The number of hydrogen-bond donors (Lipinski definition) is 1. The highest BCUT2D eigenvalue weighted by Gasteiger charge is 2.32. The third kappa shape index (κ3) is 3.05. The summed E-state index contributed by atoms with van der Waals surface area (Å²) in [5.41, 5.74) is 5.71. The van der Waals surface area contributed by atoms with E-state index in [9.17, 15) is 4.79 Å². The van der Waals surface area contributed by atoms with E-state index in [4.69, 9.17) is 5.73 Å². The first-order valence-electron chi connectivity index (χ1n) is 7.60. The summed E-state index contributed by atoms with van der Waals surface area (Å²) in [5, 5.41) is 0. The molecular weight excluding hydrogens is 224 g/mol. The van der Waals surface area contributed by atoms with Gasteiger partial charge in [0.1, 0.15) is 0 Å². The van der Waals surface area contributed by atoms with Gasteiger partial charge in [-0.05, 0) is 56.4 Å². The summed E-state index contributed by atoms with van der Waals surface area (Å²) in [6.45, 7) is 7.31. The van der Waals surface area contributed by atoms with E-state index in [1.807, 2.05) is 0 Å². The molecule has 0 aromatic carbocycles. The molecule has 1 saturated carbocycles. The Morgan fingerprint density at radius 3 is 2.33 bits per heavy atom. The molecule has 2 unspecified atom stereocenters. The average molecular weight is 252 g/mol. The van der Waals surface area contributed by atoms with Crippen molar-refractivity contribution >= 4 is 5.91 Å². The van der Waals surface area contributed by atoms with Gasteiger partial charge >= 0.3 is 0 Å². The molecule has 2 fully saturated rings. The van der Waals surface area contributed by atoms with Crippen LogP contribution >= 0.6 is 0 Å².